The fourth-order valence-electron chi connectivity index (χ4n) is 3.51. The van der Waals surface area contributed by atoms with Gasteiger partial charge in [-0.2, -0.15) is 0 Å². The number of rotatable bonds is 8. The molecular formula is C23H23N7O4. The van der Waals surface area contributed by atoms with Gasteiger partial charge in [0.1, 0.15) is 35.3 Å². The van der Waals surface area contributed by atoms with E-state index in [-0.39, 0.29) is 17.8 Å². The number of ether oxygens (including phenoxy) is 3. The van der Waals surface area contributed by atoms with Gasteiger partial charge < -0.3 is 24.1 Å². The van der Waals surface area contributed by atoms with Crippen molar-refractivity contribution >= 4 is 17.1 Å². The van der Waals surface area contributed by atoms with E-state index in [4.69, 9.17) is 14.2 Å². The van der Waals surface area contributed by atoms with Crippen LogP contribution >= 0.6 is 0 Å². The Morgan fingerprint density at radius 3 is 2.59 bits per heavy atom. The number of hydrogen-bond donors (Lipinski definition) is 1. The van der Waals surface area contributed by atoms with E-state index in [1.54, 1.807) is 24.3 Å². The molecule has 0 bridgehead atoms. The van der Waals surface area contributed by atoms with Crippen LogP contribution < -0.4 is 9.47 Å². The smallest absolute Gasteiger partial charge is 0.291 e. The first kappa shape index (κ1) is 21.7. The third-order valence-electron chi connectivity index (χ3n) is 5.25. The molecule has 0 radical (unpaired) electrons. The van der Waals surface area contributed by atoms with E-state index < -0.39 is 0 Å². The van der Waals surface area contributed by atoms with Gasteiger partial charge in [0.05, 0.1) is 25.2 Å². The lowest BCUT2D eigenvalue weighted by molar-refractivity contribution is 0.0639. The van der Waals surface area contributed by atoms with Crippen molar-refractivity contribution in [2.24, 2.45) is 0 Å². The van der Waals surface area contributed by atoms with Crippen LogP contribution in [0, 0.1) is 0 Å². The molecule has 4 heterocycles. The molecule has 0 unspecified atom stereocenters. The number of carbonyl (C=O) groups excluding carboxylic acids is 1. The SMILES string of the molecule is COC[C@H](C)Oc1cc(Oc2cnc(C(=O)N3CCC3)nc2)cc(-c2nc3ncncc3[nH]2)c1. The molecule has 1 amide bonds. The van der Waals surface area contributed by atoms with Crippen molar-refractivity contribution in [2.75, 3.05) is 26.8 Å². The summed E-state index contributed by atoms with van der Waals surface area (Å²) in [6, 6.07) is 5.44. The first-order chi connectivity index (χ1) is 16.6. The Kier molecular flexibility index (Phi) is 6.00. The molecule has 1 aliphatic heterocycles. The predicted octanol–water partition coefficient (Wildman–Crippen LogP) is 2.86. The van der Waals surface area contributed by atoms with Gasteiger partial charge in [-0.1, -0.05) is 0 Å². The van der Waals surface area contributed by atoms with Gasteiger partial charge in [-0.3, -0.25) is 4.79 Å². The zero-order valence-corrected chi connectivity index (χ0v) is 18.8. The monoisotopic (exact) mass is 461 g/mol. The second kappa shape index (κ2) is 9.40. The Hall–Kier alpha value is -4.12. The third-order valence-corrected chi connectivity index (χ3v) is 5.25. The van der Waals surface area contributed by atoms with Gasteiger partial charge in [-0.15, -0.1) is 0 Å². The maximum absolute atomic E-state index is 12.3. The standard InChI is InChI=1S/C23H23N7O4/c1-14(12-32-2)33-16-6-15(20-28-19-11-24-13-27-21(19)29-20)7-17(8-16)34-18-9-25-22(26-10-18)23(31)30-4-3-5-30/h6-11,13-14H,3-5,12H2,1-2H3,(H,24,27,28,29)/t14-/m0/s1. The molecule has 1 fully saturated rings. The van der Waals surface area contributed by atoms with E-state index in [0.717, 1.165) is 30.6 Å². The average molecular weight is 461 g/mol. The van der Waals surface area contributed by atoms with Crippen LogP contribution in [0.3, 0.4) is 0 Å². The summed E-state index contributed by atoms with van der Waals surface area (Å²) in [7, 11) is 1.62. The Bertz CT molecular complexity index is 1270. The maximum atomic E-state index is 12.3. The van der Waals surface area contributed by atoms with Crippen molar-refractivity contribution in [3.05, 3.63) is 48.9 Å². The number of H-pyrrole nitrogens is 1. The molecular weight excluding hydrogens is 438 g/mol. The topological polar surface area (TPSA) is 128 Å². The van der Waals surface area contributed by atoms with Gasteiger partial charge in [0.2, 0.25) is 5.82 Å². The average Bonchev–Trinajstić information content (AvgIpc) is 3.23. The minimum atomic E-state index is -0.176. The van der Waals surface area contributed by atoms with Crippen LogP contribution in [0.1, 0.15) is 24.0 Å². The highest BCUT2D eigenvalue weighted by atomic mass is 16.5. The lowest BCUT2D eigenvalue weighted by atomic mass is 10.2. The van der Waals surface area contributed by atoms with Crippen LogP contribution in [0.5, 0.6) is 17.2 Å². The van der Waals surface area contributed by atoms with Gasteiger partial charge in [0.15, 0.2) is 11.4 Å². The van der Waals surface area contributed by atoms with E-state index in [1.807, 2.05) is 19.1 Å². The zero-order chi connectivity index (χ0) is 23.5. The minimum absolute atomic E-state index is 0.154. The van der Waals surface area contributed by atoms with E-state index in [0.29, 0.717) is 35.3 Å². The number of methoxy groups -OCH3 is 1. The number of nitrogens with zero attached hydrogens (tertiary/aromatic N) is 6. The number of fused-ring (bicyclic) bond motifs is 1. The molecule has 0 spiro atoms. The van der Waals surface area contributed by atoms with Gasteiger partial charge in [-0.05, 0) is 25.5 Å². The molecule has 11 nitrogen and oxygen atoms in total. The van der Waals surface area contributed by atoms with Gasteiger partial charge in [-0.25, -0.2) is 24.9 Å². The molecule has 174 valence electrons. The van der Waals surface area contributed by atoms with Gasteiger partial charge in [0, 0.05) is 31.8 Å². The summed E-state index contributed by atoms with van der Waals surface area (Å²) in [6.07, 6.45) is 6.91. The second-order valence-corrected chi connectivity index (χ2v) is 7.91. The fraction of sp³-hybridized carbons (Fsp3) is 0.304. The minimum Gasteiger partial charge on any atom is -0.488 e. The molecule has 5 rings (SSSR count). The van der Waals surface area contributed by atoms with E-state index in [2.05, 4.69) is 29.9 Å². The molecule has 34 heavy (non-hydrogen) atoms. The molecule has 4 aromatic rings. The lowest BCUT2D eigenvalue weighted by Crippen LogP contribution is -2.42. The summed E-state index contributed by atoms with van der Waals surface area (Å²) >= 11 is 0. The number of carbonyl (C=O) groups is 1. The first-order valence-corrected chi connectivity index (χ1v) is 10.8. The Labute approximate surface area is 195 Å². The molecule has 11 heteroatoms. The molecule has 1 N–H and O–H groups in total. The largest absolute Gasteiger partial charge is 0.488 e. The number of amides is 1. The van der Waals surface area contributed by atoms with Crippen molar-refractivity contribution in [1.29, 1.82) is 0 Å². The van der Waals surface area contributed by atoms with Crippen molar-refractivity contribution in [1.82, 2.24) is 34.8 Å². The highest BCUT2D eigenvalue weighted by Crippen LogP contribution is 2.32. The number of nitrogens with one attached hydrogen (secondary N) is 1. The molecule has 0 aliphatic carbocycles. The summed E-state index contributed by atoms with van der Waals surface area (Å²) in [6.45, 7) is 3.83. The lowest BCUT2D eigenvalue weighted by Gasteiger charge is -2.29. The van der Waals surface area contributed by atoms with E-state index in [1.165, 1.54) is 18.7 Å². The zero-order valence-electron chi connectivity index (χ0n) is 18.8. The molecule has 1 saturated heterocycles. The van der Waals surface area contributed by atoms with Crippen LogP contribution in [0.4, 0.5) is 0 Å². The summed E-state index contributed by atoms with van der Waals surface area (Å²) in [5.74, 6) is 2.04. The summed E-state index contributed by atoms with van der Waals surface area (Å²) in [4.78, 5) is 38.3. The molecule has 1 atom stereocenters. The summed E-state index contributed by atoms with van der Waals surface area (Å²) in [5.41, 5.74) is 2.01. The van der Waals surface area contributed by atoms with Crippen LogP contribution in [0.25, 0.3) is 22.6 Å². The van der Waals surface area contributed by atoms with Crippen LogP contribution in [-0.2, 0) is 4.74 Å². The van der Waals surface area contributed by atoms with Crippen LogP contribution in [0.15, 0.2) is 43.1 Å². The molecule has 3 aromatic heterocycles. The van der Waals surface area contributed by atoms with Crippen LogP contribution in [0.2, 0.25) is 0 Å². The normalized spacial score (nSPS) is 14.0. The summed E-state index contributed by atoms with van der Waals surface area (Å²) in [5, 5.41) is 0. The fourth-order valence-corrected chi connectivity index (χ4v) is 3.51. The number of aromatic amines is 1. The number of hydrogen-bond acceptors (Lipinski definition) is 9. The van der Waals surface area contributed by atoms with E-state index in [9.17, 15) is 4.79 Å². The van der Waals surface area contributed by atoms with Crippen molar-refractivity contribution in [3.8, 4) is 28.6 Å². The Balaban J connectivity index is 1.43. The van der Waals surface area contributed by atoms with Crippen molar-refractivity contribution in [2.45, 2.75) is 19.4 Å². The number of likely N-dealkylation sites (tertiary alicyclic amines) is 1. The van der Waals surface area contributed by atoms with Crippen molar-refractivity contribution in [3.63, 3.8) is 0 Å². The number of imidazole rings is 1. The van der Waals surface area contributed by atoms with Gasteiger partial charge in [0.25, 0.3) is 5.91 Å². The molecule has 0 saturated carbocycles. The van der Waals surface area contributed by atoms with Crippen molar-refractivity contribution < 1.29 is 19.0 Å². The number of aromatic nitrogens is 6. The van der Waals surface area contributed by atoms with Crippen LogP contribution in [-0.4, -0.2) is 73.6 Å². The third kappa shape index (κ3) is 4.64. The van der Waals surface area contributed by atoms with E-state index >= 15 is 0 Å². The summed E-state index contributed by atoms with van der Waals surface area (Å²) < 4.78 is 17.2. The first-order valence-electron chi connectivity index (χ1n) is 10.8. The highest BCUT2D eigenvalue weighted by Gasteiger charge is 2.23. The number of benzene rings is 1. The quantitative estimate of drug-likeness (QED) is 0.421. The van der Waals surface area contributed by atoms with Gasteiger partial charge >= 0.3 is 0 Å². The Morgan fingerprint density at radius 2 is 1.88 bits per heavy atom. The Morgan fingerprint density at radius 1 is 1.09 bits per heavy atom. The molecule has 1 aromatic carbocycles. The highest BCUT2D eigenvalue weighted by molar-refractivity contribution is 5.90. The second-order valence-electron chi connectivity index (χ2n) is 7.91. The predicted molar refractivity (Wildman–Crippen MR) is 122 cm³/mol. The maximum Gasteiger partial charge on any atom is 0.291 e. The molecule has 1 aliphatic rings.